The lowest BCUT2D eigenvalue weighted by Gasteiger charge is -2.12. The van der Waals surface area contributed by atoms with Crippen LogP contribution in [0, 0.1) is 20.8 Å². The summed E-state index contributed by atoms with van der Waals surface area (Å²) in [6, 6.07) is 28.2. The monoisotopic (exact) mass is 428 g/mol. The van der Waals surface area contributed by atoms with Gasteiger partial charge in [0, 0.05) is 16.8 Å². The first-order chi connectivity index (χ1) is 16.0. The molecule has 6 rings (SSSR count). The van der Waals surface area contributed by atoms with Gasteiger partial charge in [-0.15, -0.1) is 0 Å². The lowest BCUT2D eigenvalue weighted by atomic mass is 9.98. The van der Waals surface area contributed by atoms with Crippen molar-refractivity contribution < 1.29 is 4.57 Å². The Morgan fingerprint density at radius 3 is 2.12 bits per heavy atom. The predicted molar refractivity (Wildman–Crippen MR) is 137 cm³/mol. The summed E-state index contributed by atoms with van der Waals surface area (Å²) in [6.07, 6.45) is 2.03. The number of hydrogen-bond donors (Lipinski definition) is 0. The van der Waals surface area contributed by atoms with Gasteiger partial charge in [-0.3, -0.25) is 0 Å². The summed E-state index contributed by atoms with van der Waals surface area (Å²) in [5, 5.41) is 2.52. The van der Waals surface area contributed by atoms with Gasteiger partial charge in [-0.2, -0.15) is 4.57 Å². The second-order valence-electron chi connectivity index (χ2n) is 8.97. The van der Waals surface area contributed by atoms with Crippen LogP contribution in [0.2, 0.25) is 0 Å². The third-order valence-electron chi connectivity index (χ3n) is 6.94. The highest BCUT2D eigenvalue weighted by molar-refractivity contribution is 6.10. The molecule has 6 aromatic rings. The Balaban J connectivity index is 1.67. The summed E-state index contributed by atoms with van der Waals surface area (Å²) in [7, 11) is 2.14. The number of fused-ring (bicyclic) bond motifs is 4. The fourth-order valence-corrected chi connectivity index (χ4v) is 5.18. The van der Waals surface area contributed by atoms with Gasteiger partial charge >= 0.3 is 0 Å². The minimum absolute atomic E-state index is 0.997. The molecule has 0 aliphatic carbocycles. The normalized spacial score (nSPS) is 11.6. The molecule has 33 heavy (non-hydrogen) atoms. The Kier molecular flexibility index (Phi) is 4.34. The molecule has 0 saturated carbocycles. The van der Waals surface area contributed by atoms with Gasteiger partial charge in [0.2, 0.25) is 11.2 Å². The summed E-state index contributed by atoms with van der Waals surface area (Å²) >= 11 is 0. The molecule has 0 amide bonds. The summed E-state index contributed by atoms with van der Waals surface area (Å²) in [6.45, 7) is 6.54. The molecule has 0 spiro atoms. The van der Waals surface area contributed by atoms with Crippen molar-refractivity contribution in [3.8, 4) is 16.9 Å². The fourth-order valence-electron chi connectivity index (χ4n) is 5.18. The maximum absolute atomic E-state index is 5.05. The molecule has 0 unspecified atom stereocenters. The zero-order valence-corrected chi connectivity index (χ0v) is 19.4. The van der Waals surface area contributed by atoms with Crippen LogP contribution in [-0.2, 0) is 7.05 Å². The minimum atomic E-state index is 0.997. The fraction of sp³-hybridized carbons (Fsp3) is 0.133. The average molecular weight is 429 g/mol. The summed E-state index contributed by atoms with van der Waals surface area (Å²) in [5.74, 6) is 0. The largest absolute Gasteiger partial charge is 0.307 e. The van der Waals surface area contributed by atoms with Gasteiger partial charge in [0.1, 0.15) is 13.2 Å². The molecule has 0 fully saturated rings. The molecular formula is C30H26N3+. The third-order valence-corrected chi connectivity index (χ3v) is 6.94. The Labute approximate surface area is 193 Å². The molecule has 3 heteroatoms. The first kappa shape index (κ1) is 19.7. The maximum atomic E-state index is 5.05. The number of aromatic nitrogens is 3. The van der Waals surface area contributed by atoms with Crippen LogP contribution in [0.1, 0.15) is 16.7 Å². The van der Waals surface area contributed by atoms with Gasteiger partial charge in [0.05, 0.1) is 22.3 Å². The van der Waals surface area contributed by atoms with Crippen molar-refractivity contribution in [1.82, 2.24) is 9.55 Å². The molecular weight excluding hydrogens is 402 g/mol. The van der Waals surface area contributed by atoms with Crippen LogP contribution < -0.4 is 4.57 Å². The van der Waals surface area contributed by atoms with Crippen molar-refractivity contribution in [2.75, 3.05) is 0 Å². The van der Waals surface area contributed by atoms with E-state index in [1.54, 1.807) is 0 Å². The Bertz CT molecular complexity index is 1650. The molecule has 4 aromatic carbocycles. The molecule has 0 aliphatic heterocycles. The summed E-state index contributed by atoms with van der Waals surface area (Å²) < 4.78 is 4.63. The van der Waals surface area contributed by atoms with Gasteiger partial charge in [-0.1, -0.05) is 54.1 Å². The van der Waals surface area contributed by atoms with Gasteiger partial charge in [0.15, 0.2) is 5.52 Å². The summed E-state index contributed by atoms with van der Waals surface area (Å²) in [4.78, 5) is 5.05. The smallest absolute Gasteiger partial charge is 0.233 e. The van der Waals surface area contributed by atoms with E-state index < -0.39 is 0 Å². The van der Waals surface area contributed by atoms with Crippen LogP contribution >= 0.6 is 0 Å². The van der Waals surface area contributed by atoms with Crippen molar-refractivity contribution in [2.24, 2.45) is 7.05 Å². The van der Waals surface area contributed by atoms with E-state index in [0.717, 1.165) is 22.4 Å². The van der Waals surface area contributed by atoms with Crippen LogP contribution in [-0.4, -0.2) is 9.55 Å². The number of para-hydroxylation sites is 3. The van der Waals surface area contributed by atoms with Crippen molar-refractivity contribution in [1.29, 1.82) is 0 Å². The zero-order chi connectivity index (χ0) is 22.7. The molecule has 3 nitrogen and oxygen atoms in total. The first-order valence-corrected chi connectivity index (χ1v) is 11.4. The van der Waals surface area contributed by atoms with E-state index in [4.69, 9.17) is 4.98 Å². The Morgan fingerprint density at radius 1 is 0.758 bits per heavy atom. The molecule has 2 aromatic heterocycles. The molecule has 0 atom stereocenters. The number of rotatable bonds is 2. The molecule has 160 valence electrons. The number of hydrogen-bond acceptors (Lipinski definition) is 1. The maximum Gasteiger partial charge on any atom is 0.233 e. The van der Waals surface area contributed by atoms with Crippen molar-refractivity contribution >= 4 is 32.8 Å². The highest BCUT2D eigenvalue weighted by Crippen LogP contribution is 2.34. The van der Waals surface area contributed by atoms with Gasteiger partial charge in [0.25, 0.3) is 0 Å². The summed E-state index contributed by atoms with van der Waals surface area (Å²) in [5.41, 5.74) is 11.9. The van der Waals surface area contributed by atoms with Crippen LogP contribution in [0.15, 0.2) is 85.1 Å². The second-order valence-corrected chi connectivity index (χ2v) is 8.97. The number of aryl methyl sites for hydroxylation is 3. The highest BCUT2D eigenvalue weighted by atomic mass is 15.0. The van der Waals surface area contributed by atoms with Gasteiger partial charge in [-0.05, 0) is 56.2 Å². The van der Waals surface area contributed by atoms with Crippen LogP contribution in [0.3, 0.4) is 0 Å². The Morgan fingerprint density at radius 2 is 1.42 bits per heavy atom. The minimum Gasteiger partial charge on any atom is -0.307 e. The van der Waals surface area contributed by atoms with E-state index in [9.17, 15) is 0 Å². The van der Waals surface area contributed by atoms with Crippen LogP contribution in [0.4, 0.5) is 0 Å². The molecule has 0 saturated heterocycles. The molecule has 0 N–H and O–H groups in total. The lowest BCUT2D eigenvalue weighted by molar-refractivity contribution is -0.633. The van der Waals surface area contributed by atoms with Gasteiger partial charge in [-0.25, -0.2) is 4.98 Å². The van der Waals surface area contributed by atoms with Crippen molar-refractivity contribution in [2.45, 2.75) is 20.8 Å². The standard InChI is InChI=1S/C30H26N3/c1-19-16-20(2)21(3)24(17-19)29-18-31-30-27(32(29)4)14-9-15-28(30)33-25-12-7-5-10-22(25)23-11-6-8-13-26(23)33/h5-18H,1-4H3/q+1. The molecule has 2 heterocycles. The van der Waals surface area contributed by atoms with Crippen molar-refractivity contribution in [3.05, 3.63) is 102 Å². The second kappa shape index (κ2) is 7.28. The van der Waals surface area contributed by atoms with E-state index in [1.165, 1.54) is 44.1 Å². The van der Waals surface area contributed by atoms with Crippen LogP contribution in [0.5, 0.6) is 0 Å². The van der Waals surface area contributed by atoms with Gasteiger partial charge < -0.3 is 4.57 Å². The van der Waals surface area contributed by atoms with Crippen LogP contribution in [0.25, 0.3) is 49.8 Å². The van der Waals surface area contributed by atoms with Crippen molar-refractivity contribution in [3.63, 3.8) is 0 Å². The number of benzene rings is 4. The Hall–Kier alpha value is -3.98. The topological polar surface area (TPSA) is 21.7 Å². The number of nitrogens with zero attached hydrogens (tertiary/aromatic N) is 3. The highest BCUT2D eigenvalue weighted by Gasteiger charge is 2.21. The molecule has 0 bridgehead atoms. The molecule has 0 radical (unpaired) electrons. The SMILES string of the molecule is Cc1cc(C)c(C)c(-c2cnc3c(-n4c5ccccc5c5ccccc54)cccc3[n+]2C)c1. The quantitative estimate of drug-likeness (QED) is 0.280. The van der Waals surface area contributed by atoms with E-state index in [0.29, 0.717) is 0 Å². The first-order valence-electron chi connectivity index (χ1n) is 11.4. The van der Waals surface area contributed by atoms with E-state index in [1.807, 2.05) is 6.20 Å². The van der Waals surface area contributed by atoms with E-state index in [-0.39, 0.29) is 0 Å². The predicted octanol–water partition coefficient (Wildman–Crippen LogP) is 6.75. The van der Waals surface area contributed by atoms with E-state index in [2.05, 4.69) is 116 Å². The lowest BCUT2D eigenvalue weighted by Crippen LogP contribution is -2.33. The zero-order valence-electron chi connectivity index (χ0n) is 19.4. The molecule has 0 aliphatic rings. The average Bonchev–Trinajstić information content (AvgIpc) is 3.16. The third kappa shape index (κ3) is 2.89. The van der Waals surface area contributed by atoms with E-state index >= 15 is 0 Å².